The van der Waals surface area contributed by atoms with Crippen molar-refractivity contribution in [2.24, 2.45) is 5.92 Å². The molecule has 1 aromatic rings. The van der Waals surface area contributed by atoms with Crippen LogP contribution in [0.1, 0.15) is 64.3 Å². The summed E-state index contributed by atoms with van der Waals surface area (Å²) in [6.07, 6.45) is 7.84. The number of nitrogens with one attached hydrogen (secondary N) is 2. The second kappa shape index (κ2) is 6.89. The van der Waals surface area contributed by atoms with Crippen molar-refractivity contribution in [1.82, 2.24) is 15.5 Å². The molecule has 0 radical (unpaired) electrons. The van der Waals surface area contributed by atoms with E-state index in [0.717, 1.165) is 12.3 Å². The zero-order valence-corrected chi connectivity index (χ0v) is 12.3. The van der Waals surface area contributed by atoms with E-state index in [-0.39, 0.29) is 6.04 Å². The molecule has 1 saturated carbocycles. The van der Waals surface area contributed by atoms with Gasteiger partial charge in [0.1, 0.15) is 0 Å². The molecule has 0 aliphatic heterocycles. The fraction of sp³-hybridized carbons (Fsp3) is 0.857. The van der Waals surface area contributed by atoms with Gasteiger partial charge in [0, 0.05) is 6.04 Å². The highest BCUT2D eigenvalue weighted by Crippen LogP contribution is 2.29. The molecule has 1 aliphatic rings. The van der Waals surface area contributed by atoms with Crippen LogP contribution in [0, 0.1) is 5.92 Å². The molecule has 2 rings (SSSR count). The van der Waals surface area contributed by atoms with Crippen molar-refractivity contribution in [2.45, 2.75) is 64.5 Å². The fourth-order valence-electron chi connectivity index (χ4n) is 2.84. The first kappa shape index (κ1) is 14.3. The maximum absolute atomic E-state index is 5.66. The van der Waals surface area contributed by atoms with Crippen LogP contribution < -0.4 is 10.6 Å². The zero-order chi connectivity index (χ0) is 13.7. The first-order valence-electron chi connectivity index (χ1n) is 7.51. The Kier molecular flexibility index (Phi) is 5.19. The van der Waals surface area contributed by atoms with Gasteiger partial charge in [-0.15, -0.1) is 5.10 Å². The van der Waals surface area contributed by atoms with Crippen molar-refractivity contribution >= 4 is 6.01 Å². The van der Waals surface area contributed by atoms with Crippen LogP contribution in [-0.2, 0) is 0 Å². The molecule has 108 valence electrons. The van der Waals surface area contributed by atoms with E-state index in [4.69, 9.17) is 4.42 Å². The minimum atomic E-state index is 0.0952. The summed E-state index contributed by atoms with van der Waals surface area (Å²) >= 11 is 0. The zero-order valence-electron chi connectivity index (χ0n) is 12.3. The van der Waals surface area contributed by atoms with Crippen LogP contribution >= 0.6 is 0 Å². The monoisotopic (exact) mass is 266 g/mol. The predicted octanol–water partition coefficient (Wildman–Crippen LogP) is 3.12. The topological polar surface area (TPSA) is 63.0 Å². The number of hydrogen-bond acceptors (Lipinski definition) is 5. The molecule has 19 heavy (non-hydrogen) atoms. The SMILES string of the molecule is CCC(Nc1nnc(C(C)NC)o1)C1CCCCC1. The highest BCUT2D eigenvalue weighted by molar-refractivity contribution is 5.20. The third kappa shape index (κ3) is 3.69. The van der Waals surface area contributed by atoms with Gasteiger partial charge in [0.25, 0.3) is 0 Å². The average molecular weight is 266 g/mol. The van der Waals surface area contributed by atoms with E-state index in [1.54, 1.807) is 0 Å². The lowest BCUT2D eigenvalue weighted by Crippen LogP contribution is -2.30. The van der Waals surface area contributed by atoms with Gasteiger partial charge in [0.15, 0.2) is 0 Å². The molecule has 0 bridgehead atoms. The quantitative estimate of drug-likeness (QED) is 0.828. The van der Waals surface area contributed by atoms with Crippen molar-refractivity contribution in [3.8, 4) is 0 Å². The molecule has 1 heterocycles. The lowest BCUT2D eigenvalue weighted by molar-refractivity contribution is 0.308. The summed E-state index contributed by atoms with van der Waals surface area (Å²) in [6, 6.07) is 1.12. The summed E-state index contributed by atoms with van der Waals surface area (Å²) in [5.41, 5.74) is 0. The molecule has 2 atom stereocenters. The van der Waals surface area contributed by atoms with Gasteiger partial charge in [-0.3, -0.25) is 0 Å². The smallest absolute Gasteiger partial charge is 0.315 e. The Morgan fingerprint density at radius 3 is 2.63 bits per heavy atom. The molecule has 0 amide bonds. The summed E-state index contributed by atoms with van der Waals surface area (Å²) in [5.74, 6) is 1.39. The highest BCUT2D eigenvalue weighted by Gasteiger charge is 2.24. The molecule has 0 aromatic carbocycles. The number of hydrogen-bond donors (Lipinski definition) is 2. The van der Waals surface area contributed by atoms with Gasteiger partial charge in [-0.1, -0.05) is 31.3 Å². The van der Waals surface area contributed by atoms with Gasteiger partial charge in [0.2, 0.25) is 5.89 Å². The molecule has 2 N–H and O–H groups in total. The molecule has 0 spiro atoms. The van der Waals surface area contributed by atoms with Crippen molar-refractivity contribution in [1.29, 1.82) is 0 Å². The van der Waals surface area contributed by atoms with E-state index in [2.05, 4.69) is 27.8 Å². The van der Waals surface area contributed by atoms with E-state index >= 15 is 0 Å². The number of anilines is 1. The number of aromatic nitrogens is 2. The third-order valence-corrected chi connectivity index (χ3v) is 4.21. The van der Waals surface area contributed by atoms with Crippen LogP contribution in [0.25, 0.3) is 0 Å². The van der Waals surface area contributed by atoms with Gasteiger partial charge >= 0.3 is 6.01 Å². The molecule has 5 nitrogen and oxygen atoms in total. The minimum Gasteiger partial charge on any atom is -0.406 e. The minimum absolute atomic E-state index is 0.0952. The maximum Gasteiger partial charge on any atom is 0.315 e. The largest absolute Gasteiger partial charge is 0.406 e. The number of rotatable bonds is 6. The summed E-state index contributed by atoms with van der Waals surface area (Å²) in [7, 11) is 1.89. The predicted molar refractivity (Wildman–Crippen MR) is 76.0 cm³/mol. The first-order chi connectivity index (χ1) is 9.24. The molecule has 1 aliphatic carbocycles. The lowest BCUT2D eigenvalue weighted by atomic mass is 9.83. The van der Waals surface area contributed by atoms with E-state index < -0.39 is 0 Å². The Morgan fingerprint density at radius 2 is 2.00 bits per heavy atom. The van der Waals surface area contributed by atoms with Crippen molar-refractivity contribution in [3.63, 3.8) is 0 Å². The average Bonchev–Trinajstić information content (AvgIpc) is 2.93. The van der Waals surface area contributed by atoms with Gasteiger partial charge < -0.3 is 15.1 Å². The first-order valence-corrected chi connectivity index (χ1v) is 7.51. The van der Waals surface area contributed by atoms with E-state index in [1.807, 2.05) is 14.0 Å². The molecular formula is C14H26N4O. The standard InChI is InChI=1S/C14H26N4O/c1-4-12(11-8-6-5-7-9-11)16-14-18-17-13(19-14)10(2)15-3/h10-12,15H,4-9H2,1-3H3,(H,16,18). The Balaban J connectivity index is 1.95. The third-order valence-electron chi connectivity index (χ3n) is 4.21. The molecule has 1 fully saturated rings. The summed E-state index contributed by atoms with van der Waals surface area (Å²) in [6.45, 7) is 4.23. The normalized spacial score (nSPS) is 20.2. The molecule has 2 unspecified atom stereocenters. The van der Waals surface area contributed by atoms with E-state index in [1.165, 1.54) is 32.1 Å². The van der Waals surface area contributed by atoms with E-state index in [9.17, 15) is 0 Å². The second-order valence-electron chi connectivity index (χ2n) is 5.51. The molecule has 0 saturated heterocycles. The van der Waals surface area contributed by atoms with Crippen LogP contribution in [0.4, 0.5) is 6.01 Å². The summed E-state index contributed by atoms with van der Waals surface area (Å²) < 4.78 is 5.66. The van der Waals surface area contributed by atoms with Crippen LogP contribution in [0.2, 0.25) is 0 Å². The van der Waals surface area contributed by atoms with Crippen molar-refractivity contribution < 1.29 is 4.42 Å². The molecule has 5 heteroatoms. The second-order valence-corrected chi connectivity index (χ2v) is 5.51. The number of nitrogens with zero attached hydrogens (tertiary/aromatic N) is 2. The van der Waals surface area contributed by atoms with Gasteiger partial charge in [-0.2, -0.15) is 0 Å². The summed E-state index contributed by atoms with van der Waals surface area (Å²) in [5, 5.41) is 14.7. The van der Waals surface area contributed by atoms with E-state index in [0.29, 0.717) is 17.9 Å². The Bertz CT molecular complexity index is 373. The Hall–Kier alpha value is -1.10. The van der Waals surface area contributed by atoms with Crippen LogP contribution in [0.5, 0.6) is 0 Å². The van der Waals surface area contributed by atoms with Gasteiger partial charge in [-0.25, -0.2) is 0 Å². The maximum atomic E-state index is 5.66. The van der Waals surface area contributed by atoms with Crippen LogP contribution in [0.3, 0.4) is 0 Å². The Morgan fingerprint density at radius 1 is 1.26 bits per heavy atom. The molecule has 1 aromatic heterocycles. The molecular weight excluding hydrogens is 240 g/mol. The van der Waals surface area contributed by atoms with Crippen LogP contribution in [0.15, 0.2) is 4.42 Å². The van der Waals surface area contributed by atoms with Crippen molar-refractivity contribution in [2.75, 3.05) is 12.4 Å². The van der Waals surface area contributed by atoms with Gasteiger partial charge in [-0.05, 0) is 39.2 Å². The summed E-state index contributed by atoms with van der Waals surface area (Å²) in [4.78, 5) is 0. The van der Waals surface area contributed by atoms with Crippen LogP contribution in [-0.4, -0.2) is 23.3 Å². The fourth-order valence-corrected chi connectivity index (χ4v) is 2.84. The lowest BCUT2D eigenvalue weighted by Gasteiger charge is -2.29. The highest BCUT2D eigenvalue weighted by atomic mass is 16.4. The Labute approximate surface area is 115 Å². The van der Waals surface area contributed by atoms with Crippen molar-refractivity contribution in [3.05, 3.63) is 5.89 Å². The van der Waals surface area contributed by atoms with Gasteiger partial charge in [0.05, 0.1) is 6.04 Å².